The van der Waals surface area contributed by atoms with Crippen LogP contribution in [0.2, 0.25) is 0 Å². The number of carbonyl (C=O) groups is 2. The Labute approximate surface area is 200 Å². The number of hydrogen-bond donors (Lipinski definition) is 2. The summed E-state index contributed by atoms with van der Waals surface area (Å²) in [7, 11) is 0. The summed E-state index contributed by atoms with van der Waals surface area (Å²) in [6.07, 6.45) is 0.181. The molecule has 2 N–H and O–H groups in total. The van der Waals surface area contributed by atoms with Crippen molar-refractivity contribution < 1.29 is 33.3 Å². The second-order valence-electron chi connectivity index (χ2n) is 9.13. The van der Waals surface area contributed by atoms with Crippen LogP contribution >= 0.6 is 0 Å². The average molecular weight is 476 g/mol. The van der Waals surface area contributed by atoms with Crippen LogP contribution < -0.4 is 5.32 Å². The summed E-state index contributed by atoms with van der Waals surface area (Å²) >= 11 is 0. The molecule has 0 saturated carbocycles. The van der Waals surface area contributed by atoms with Gasteiger partial charge in [-0.3, -0.25) is 0 Å². The lowest BCUT2D eigenvalue weighted by Crippen LogP contribution is -2.45. The summed E-state index contributed by atoms with van der Waals surface area (Å²) in [6, 6.07) is 14.1. The Kier molecular flexibility index (Phi) is 10.3. The molecule has 0 aliphatic carbocycles. The zero-order chi connectivity index (χ0) is 25.1. The fourth-order valence-electron chi connectivity index (χ4n) is 3.27. The molecule has 0 spiro atoms. The van der Waals surface area contributed by atoms with E-state index >= 15 is 0 Å². The molecule has 1 heterocycles. The zero-order valence-electron chi connectivity index (χ0n) is 20.1. The van der Waals surface area contributed by atoms with Crippen molar-refractivity contribution in [1.82, 2.24) is 5.32 Å². The first-order valence-corrected chi connectivity index (χ1v) is 11.3. The molecule has 2 unspecified atom stereocenters. The summed E-state index contributed by atoms with van der Waals surface area (Å²) in [4.78, 5) is 24.3. The van der Waals surface area contributed by atoms with Gasteiger partial charge in [0.25, 0.3) is 0 Å². The van der Waals surface area contributed by atoms with E-state index in [9.17, 15) is 14.0 Å². The monoisotopic (exact) mass is 475 g/mol. The third kappa shape index (κ3) is 10.7. The molecule has 1 amide bonds. The molecule has 1 fully saturated rings. The van der Waals surface area contributed by atoms with Gasteiger partial charge in [0.1, 0.15) is 29.3 Å². The average Bonchev–Trinajstić information content (AvgIpc) is 2.79. The minimum atomic E-state index is -0.827. The van der Waals surface area contributed by atoms with Crippen molar-refractivity contribution in [3.63, 3.8) is 0 Å². The lowest BCUT2D eigenvalue weighted by Gasteiger charge is -2.23. The molecular formula is C26H34FNO6. The number of phenolic OH excluding ortho intramolecular Hbond substituents is 1. The molecule has 0 aromatic heterocycles. The second-order valence-corrected chi connectivity index (χ2v) is 9.13. The van der Waals surface area contributed by atoms with E-state index in [0.29, 0.717) is 18.6 Å². The van der Waals surface area contributed by atoms with Gasteiger partial charge >= 0.3 is 12.1 Å². The number of rotatable bonds is 3. The number of alkyl carbamates (subject to hydrolysis) is 1. The molecule has 186 valence electrons. The number of ether oxygens (including phenoxy) is 3. The smallest absolute Gasteiger partial charge is 0.408 e. The fraction of sp³-hybridized carbons (Fsp3) is 0.462. The van der Waals surface area contributed by atoms with Gasteiger partial charge in [0, 0.05) is 19.4 Å². The lowest BCUT2D eigenvalue weighted by molar-refractivity contribution is -0.151. The number of aromatic hydroxyl groups is 1. The van der Waals surface area contributed by atoms with Crippen molar-refractivity contribution in [1.29, 1.82) is 0 Å². The highest BCUT2D eigenvalue weighted by Gasteiger charge is 2.29. The van der Waals surface area contributed by atoms with Crippen molar-refractivity contribution in [3.8, 4) is 5.75 Å². The van der Waals surface area contributed by atoms with Crippen LogP contribution in [0.15, 0.2) is 54.6 Å². The molecule has 7 nitrogen and oxygen atoms in total. The number of para-hydroxylation sites is 1. The second kappa shape index (κ2) is 12.9. The molecule has 2 aromatic carbocycles. The standard InChI is InChI=1S/C20H28FNO5.C6H6O/c1-13-11-16(12-14-5-7-15(21)8-6-14)25-10-9-17(18(23)26-13)22-19(24)27-20(2,3)4;7-6-4-2-1-3-5-6/h5-8,13,16-17H,9-12H2,1-4H3,(H,22,24);1-5,7H/t13?,16?,17-;/m0./s1. The maximum atomic E-state index is 13.1. The maximum Gasteiger partial charge on any atom is 0.408 e. The van der Waals surface area contributed by atoms with Gasteiger partial charge in [-0.15, -0.1) is 0 Å². The van der Waals surface area contributed by atoms with Gasteiger partial charge in [-0.25, -0.2) is 14.0 Å². The molecule has 2 aromatic rings. The highest BCUT2D eigenvalue weighted by Crippen LogP contribution is 2.17. The van der Waals surface area contributed by atoms with Crippen LogP contribution in [0.3, 0.4) is 0 Å². The van der Waals surface area contributed by atoms with Crippen LogP contribution in [0.25, 0.3) is 0 Å². The van der Waals surface area contributed by atoms with Crippen LogP contribution in [0.5, 0.6) is 5.75 Å². The lowest BCUT2D eigenvalue weighted by atomic mass is 10.0. The first kappa shape index (κ1) is 27.1. The molecule has 0 radical (unpaired) electrons. The number of hydrogen-bond acceptors (Lipinski definition) is 6. The van der Waals surface area contributed by atoms with Crippen LogP contribution in [0.4, 0.5) is 9.18 Å². The van der Waals surface area contributed by atoms with Crippen LogP contribution in [-0.4, -0.2) is 47.6 Å². The first-order valence-electron chi connectivity index (χ1n) is 11.3. The Morgan fingerprint density at radius 2 is 1.79 bits per heavy atom. The number of esters is 1. The van der Waals surface area contributed by atoms with Crippen molar-refractivity contribution in [2.45, 2.75) is 70.8 Å². The van der Waals surface area contributed by atoms with Crippen LogP contribution in [-0.2, 0) is 25.4 Å². The summed E-state index contributed by atoms with van der Waals surface area (Å²) in [6.45, 7) is 7.32. The Balaban J connectivity index is 0.000000497. The van der Waals surface area contributed by atoms with Crippen LogP contribution in [0, 0.1) is 5.82 Å². The number of benzene rings is 2. The SMILES string of the molecule is CC1CC(Cc2ccc(F)cc2)OCC[C@H](NC(=O)OC(C)(C)C)C(=O)O1.Oc1ccccc1. The van der Waals surface area contributed by atoms with Gasteiger partial charge in [0.15, 0.2) is 0 Å². The Hall–Kier alpha value is -3.13. The quantitative estimate of drug-likeness (QED) is 0.622. The Bertz CT molecular complexity index is 898. The van der Waals surface area contributed by atoms with E-state index in [-0.39, 0.29) is 31.1 Å². The van der Waals surface area contributed by atoms with E-state index in [1.807, 2.05) is 6.07 Å². The summed E-state index contributed by atoms with van der Waals surface area (Å²) in [5.41, 5.74) is 0.291. The molecule has 34 heavy (non-hydrogen) atoms. The fourth-order valence-corrected chi connectivity index (χ4v) is 3.27. The molecule has 1 aliphatic heterocycles. The number of nitrogens with one attached hydrogen (secondary N) is 1. The van der Waals surface area contributed by atoms with Gasteiger partial charge < -0.3 is 24.6 Å². The van der Waals surface area contributed by atoms with Gasteiger partial charge in [-0.2, -0.15) is 0 Å². The van der Waals surface area contributed by atoms with E-state index in [1.54, 1.807) is 64.1 Å². The topological polar surface area (TPSA) is 94.1 Å². The van der Waals surface area contributed by atoms with Gasteiger partial charge in [0.2, 0.25) is 0 Å². The van der Waals surface area contributed by atoms with Crippen LogP contribution in [0.1, 0.15) is 46.1 Å². The molecule has 3 rings (SSSR count). The predicted octanol–water partition coefficient (Wildman–Crippen LogP) is 4.76. The van der Waals surface area contributed by atoms with Gasteiger partial charge in [0.05, 0.1) is 6.10 Å². The number of cyclic esters (lactones) is 1. The first-order chi connectivity index (χ1) is 16.0. The molecule has 8 heteroatoms. The minimum absolute atomic E-state index is 0.168. The molecule has 3 atom stereocenters. The minimum Gasteiger partial charge on any atom is -0.508 e. The van der Waals surface area contributed by atoms with Gasteiger partial charge in [-0.1, -0.05) is 30.3 Å². The molecule has 0 bridgehead atoms. The largest absolute Gasteiger partial charge is 0.508 e. The normalized spacial score (nSPS) is 21.0. The van der Waals surface area contributed by atoms with Crippen molar-refractivity contribution >= 4 is 12.1 Å². The maximum absolute atomic E-state index is 13.1. The molecular weight excluding hydrogens is 441 g/mol. The molecule has 1 aliphatic rings. The highest BCUT2D eigenvalue weighted by atomic mass is 19.1. The van der Waals surface area contributed by atoms with E-state index in [2.05, 4.69) is 5.32 Å². The number of halogens is 1. The van der Waals surface area contributed by atoms with E-state index in [0.717, 1.165) is 5.56 Å². The van der Waals surface area contributed by atoms with Gasteiger partial charge in [-0.05, 0) is 63.9 Å². The predicted molar refractivity (Wildman–Crippen MR) is 126 cm³/mol. The third-order valence-electron chi connectivity index (χ3n) is 4.78. The van der Waals surface area contributed by atoms with E-state index in [4.69, 9.17) is 19.3 Å². The van der Waals surface area contributed by atoms with E-state index < -0.39 is 23.7 Å². The number of carbonyl (C=O) groups excluding carboxylic acids is 2. The van der Waals surface area contributed by atoms with Crippen molar-refractivity contribution in [3.05, 3.63) is 66.0 Å². The third-order valence-corrected chi connectivity index (χ3v) is 4.78. The Morgan fingerprint density at radius 3 is 2.35 bits per heavy atom. The van der Waals surface area contributed by atoms with Crippen molar-refractivity contribution in [2.75, 3.05) is 6.61 Å². The molecule has 1 saturated heterocycles. The van der Waals surface area contributed by atoms with E-state index in [1.165, 1.54) is 12.1 Å². The summed E-state index contributed by atoms with van der Waals surface area (Å²) in [5.74, 6) is -0.464. The summed E-state index contributed by atoms with van der Waals surface area (Å²) < 4.78 is 29.6. The number of amides is 1. The number of phenols is 1. The van der Waals surface area contributed by atoms with Crippen molar-refractivity contribution in [2.24, 2.45) is 0 Å². The zero-order valence-corrected chi connectivity index (χ0v) is 20.1. The highest BCUT2D eigenvalue weighted by molar-refractivity contribution is 5.81. The summed E-state index contributed by atoms with van der Waals surface area (Å²) in [5, 5.41) is 11.2. The Morgan fingerprint density at radius 1 is 1.15 bits per heavy atom.